The maximum Gasteiger partial charge on any atom is 0.253 e. The number of carbonyl (C=O) groups is 1. The fourth-order valence-electron chi connectivity index (χ4n) is 3.15. The molecular weight excluding hydrogens is 252 g/mol. The Morgan fingerprint density at radius 2 is 2.20 bits per heavy atom. The van der Waals surface area contributed by atoms with E-state index in [9.17, 15) is 4.79 Å². The predicted molar refractivity (Wildman–Crippen MR) is 80.8 cm³/mol. The average Bonchev–Trinajstić information content (AvgIpc) is 2.79. The van der Waals surface area contributed by atoms with Crippen molar-refractivity contribution in [3.8, 4) is 5.75 Å². The van der Waals surface area contributed by atoms with E-state index in [-0.39, 0.29) is 11.9 Å². The molecule has 20 heavy (non-hydrogen) atoms. The molecule has 1 aliphatic carbocycles. The van der Waals surface area contributed by atoms with Crippen LogP contribution in [0.5, 0.6) is 5.75 Å². The first kappa shape index (κ1) is 14.7. The summed E-state index contributed by atoms with van der Waals surface area (Å²) in [6.45, 7) is 4.44. The standard InChI is InChI=1S/C16H24N2O2/c1-4-11-5-8-15(10(11)2)18-16(19)13-7-6-12(20-3)9-14(13)17/h6-7,9-11,15H,4-5,8,17H2,1-3H3,(H,18,19). The highest BCUT2D eigenvalue weighted by Crippen LogP contribution is 2.34. The fourth-order valence-corrected chi connectivity index (χ4v) is 3.15. The van der Waals surface area contributed by atoms with Gasteiger partial charge in [0, 0.05) is 17.8 Å². The van der Waals surface area contributed by atoms with Gasteiger partial charge in [-0.25, -0.2) is 0 Å². The number of hydrogen-bond donors (Lipinski definition) is 2. The number of nitrogens with one attached hydrogen (secondary N) is 1. The van der Waals surface area contributed by atoms with E-state index in [1.807, 2.05) is 0 Å². The van der Waals surface area contributed by atoms with Gasteiger partial charge in [-0.1, -0.05) is 20.3 Å². The maximum atomic E-state index is 12.3. The van der Waals surface area contributed by atoms with Crippen LogP contribution in [0.25, 0.3) is 0 Å². The van der Waals surface area contributed by atoms with Gasteiger partial charge < -0.3 is 15.8 Å². The Kier molecular flexibility index (Phi) is 4.53. The molecule has 0 bridgehead atoms. The van der Waals surface area contributed by atoms with E-state index in [2.05, 4.69) is 19.2 Å². The second-order valence-electron chi connectivity index (χ2n) is 5.64. The Labute approximate surface area is 120 Å². The second kappa shape index (κ2) is 6.16. The van der Waals surface area contributed by atoms with Crippen LogP contribution in [0.2, 0.25) is 0 Å². The number of benzene rings is 1. The van der Waals surface area contributed by atoms with Crippen molar-refractivity contribution in [1.29, 1.82) is 0 Å². The van der Waals surface area contributed by atoms with Gasteiger partial charge in [-0.05, 0) is 36.8 Å². The molecule has 0 heterocycles. The highest BCUT2D eigenvalue weighted by molar-refractivity contribution is 5.99. The lowest BCUT2D eigenvalue weighted by molar-refractivity contribution is 0.0927. The first-order chi connectivity index (χ1) is 9.56. The minimum Gasteiger partial charge on any atom is -0.497 e. The number of carbonyl (C=O) groups excluding carboxylic acids is 1. The molecule has 4 nitrogen and oxygen atoms in total. The summed E-state index contributed by atoms with van der Waals surface area (Å²) in [5.74, 6) is 1.83. The number of nitrogen functional groups attached to an aromatic ring is 1. The Morgan fingerprint density at radius 1 is 1.45 bits per heavy atom. The number of nitrogens with two attached hydrogens (primary N) is 1. The summed E-state index contributed by atoms with van der Waals surface area (Å²) in [5, 5.41) is 3.13. The molecule has 1 fully saturated rings. The van der Waals surface area contributed by atoms with Gasteiger partial charge in [0.2, 0.25) is 0 Å². The van der Waals surface area contributed by atoms with Crippen LogP contribution in [-0.4, -0.2) is 19.1 Å². The van der Waals surface area contributed by atoms with Gasteiger partial charge >= 0.3 is 0 Å². The molecule has 2 rings (SSSR count). The number of anilines is 1. The molecule has 0 radical (unpaired) electrons. The normalized spacial score (nSPS) is 25.4. The SMILES string of the molecule is CCC1CCC(NC(=O)c2ccc(OC)cc2N)C1C. The molecule has 0 spiro atoms. The lowest BCUT2D eigenvalue weighted by atomic mass is 9.93. The van der Waals surface area contributed by atoms with Crippen molar-refractivity contribution in [1.82, 2.24) is 5.32 Å². The van der Waals surface area contributed by atoms with Crippen LogP contribution in [0.1, 0.15) is 43.5 Å². The number of methoxy groups -OCH3 is 1. The van der Waals surface area contributed by atoms with Gasteiger partial charge in [0.25, 0.3) is 5.91 Å². The zero-order valence-corrected chi connectivity index (χ0v) is 12.5. The van der Waals surface area contributed by atoms with Crippen LogP contribution in [-0.2, 0) is 0 Å². The van der Waals surface area contributed by atoms with Crippen molar-refractivity contribution in [2.45, 2.75) is 39.2 Å². The van der Waals surface area contributed by atoms with E-state index < -0.39 is 0 Å². The molecule has 0 saturated heterocycles. The smallest absolute Gasteiger partial charge is 0.253 e. The second-order valence-corrected chi connectivity index (χ2v) is 5.64. The Morgan fingerprint density at radius 3 is 2.75 bits per heavy atom. The van der Waals surface area contributed by atoms with Crippen molar-refractivity contribution in [2.75, 3.05) is 12.8 Å². The molecule has 1 aliphatic rings. The molecule has 110 valence electrons. The van der Waals surface area contributed by atoms with Gasteiger partial charge in [0.1, 0.15) is 5.75 Å². The summed E-state index contributed by atoms with van der Waals surface area (Å²) in [7, 11) is 1.58. The Hall–Kier alpha value is -1.71. The van der Waals surface area contributed by atoms with Crippen molar-refractivity contribution in [3.05, 3.63) is 23.8 Å². The first-order valence-electron chi connectivity index (χ1n) is 7.31. The third-order valence-corrected chi connectivity index (χ3v) is 4.57. The van der Waals surface area contributed by atoms with E-state index in [1.165, 1.54) is 12.8 Å². The van der Waals surface area contributed by atoms with Gasteiger partial charge in [-0.15, -0.1) is 0 Å². The predicted octanol–water partition coefficient (Wildman–Crippen LogP) is 2.83. The molecule has 3 atom stereocenters. The number of ether oxygens (including phenoxy) is 1. The topological polar surface area (TPSA) is 64.3 Å². The molecule has 1 aromatic carbocycles. The molecular formula is C16H24N2O2. The third kappa shape index (κ3) is 2.89. The van der Waals surface area contributed by atoms with E-state index in [4.69, 9.17) is 10.5 Å². The molecule has 3 N–H and O–H groups in total. The summed E-state index contributed by atoms with van der Waals surface area (Å²) < 4.78 is 5.10. The van der Waals surface area contributed by atoms with Crippen LogP contribution < -0.4 is 15.8 Å². The van der Waals surface area contributed by atoms with Gasteiger partial charge in [0.05, 0.1) is 12.7 Å². The van der Waals surface area contributed by atoms with E-state index in [0.717, 1.165) is 6.42 Å². The number of rotatable bonds is 4. The molecule has 1 amide bonds. The quantitative estimate of drug-likeness (QED) is 0.831. The van der Waals surface area contributed by atoms with Crippen LogP contribution in [0.15, 0.2) is 18.2 Å². The van der Waals surface area contributed by atoms with E-state index in [0.29, 0.717) is 28.8 Å². The molecule has 0 aliphatic heterocycles. The van der Waals surface area contributed by atoms with Gasteiger partial charge in [-0.3, -0.25) is 4.79 Å². The largest absolute Gasteiger partial charge is 0.497 e. The van der Waals surface area contributed by atoms with Crippen LogP contribution in [0.3, 0.4) is 0 Å². The summed E-state index contributed by atoms with van der Waals surface area (Å²) in [5.41, 5.74) is 6.90. The summed E-state index contributed by atoms with van der Waals surface area (Å²) in [6.07, 6.45) is 3.43. The van der Waals surface area contributed by atoms with Crippen molar-refractivity contribution >= 4 is 11.6 Å². The maximum absolute atomic E-state index is 12.3. The highest BCUT2D eigenvalue weighted by atomic mass is 16.5. The summed E-state index contributed by atoms with van der Waals surface area (Å²) in [4.78, 5) is 12.3. The van der Waals surface area contributed by atoms with E-state index >= 15 is 0 Å². The number of hydrogen-bond acceptors (Lipinski definition) is 3. The monoisotopic (exact) mass is 276 g/mol. The minimum absolute atomic E-state index is 0.0845. The lowest BCUT2D eigenvalue weighted by Crippen LogP contribution is -2.37. The van der Waals surface area contributed by atoms with Gasteiger partial charge in [0.15, 0.2) is 0 Å². The van der Waals surface area contributed by atoms with Crippen molar-refractivity contribution in [2.24, 2.45) is 11.8 Å². The van der Waals surface area contributed by atoms with Gasteiger partial charge in [-0.2, -0.15) is 0 Å². The Balaban J connectivity index is 2.05. The Bertz CT molecular complexity index is 487. The van der Waals surface area contributed by atoms with Crippen molar-refractivity contribution < 1.29 is 9.53 Å². The highest BCUT2D eigenvalue weighted by Gasteiger charge is 2.32. The van der Waals surface area contributed by atoms with Crippen LogP contribution in [0, 0.1) is 11.8 Å². The van der Waals surface area contributed by atoms with Crippen LogP contribution >= 0.6 is 0 Å². The first-order valence-corrected chi connectivity index (χ1v) is 7.31. The molecule has 0 aromatic heterocycles. The van der Waals surface area contributed by atoms with Crippen molar-refractivity contribution in [3.63, 3.8) is 0 Å². The molecule has 4 heteroatoms. The molecule has 3 unspecified atom stereocenters. The fraction of sp³-hybridized carbons (Fsp3) is 0.562. The zero-order valence-electron chi connectivity index (χ0n) is 12.5. The van der Waals surface area contributed by atoms with Crippen LogP contribution in [0.4, 0.5) is 5.69 Å². The minimum atomic E-state index is -0.0845. The molecule has 1 aromatic rings. The summed E-state index contributed by atoms with van der Waals surface area (Å²) in [6, 6.07) is 5.43. The molecule has 1 saturated carbocycles. The number of amides is 1. The van der Waals surface area contributed by atoms with E-state index in [1.54, 1.807) is 25.3 Å². The lowest BCUT2D eigenvalue weighted by Gasteiger charge is -2.21. The third-order valence-electron chi connectivity index (χ3n) is 4.57. The summed E-state index contributed by atoms with van der Waals surface area (Å²) >= 11 is 0. The zero-order chi connectivity index (χ0) is 14.7. The average molecular weight is 276 g/mol.